The van der Waals surface area contributed by atoms with E-state index in [4.69, 9.17) is 4.74 Å². The molecule has 4 nitrogen and oxygen atoms in total. The van der Waals surface area contributed by atoms with Gasteiger partial charge in [-0.05, 0) is 37.1 Å². The highest BCUT2D eigenvalue weighted by atomic mass is 16.5. The van der Waals surface area contributed by atoms with Gasteiger partial charge in [-0.3, -0.25) is 4.79 Å². The monoisotopic (exact) mass is 234 g/mol. The minimum Gasteiger partial charge on any atom is -0.496 e. The Morgan fingerprint density at radius 3 is 2.35 bits per heavy atom. The molecule has 1 saturated heterocycles. The van der Waals surface area contributed by atoms with Crippen LogP contribution in [0.3, 0.4) is 0 Å². The first-order chi connectivity index (χ1) is 8.11. The number of amides is 1. The molecule has 2 rings (SSSR count). The number of hydrogen-bond acceptors (Lipinski definition) is 3. The highest BCUT2D eigenvalue weighted by Gasteiger charge is 2.24. The minimum absolute atomic E-state index is 0.0905. The Balaban J connectivity index is 2.13. The Hall–Kier alpha value is -1.55. The summed E-state index contributed by atoms with van der Waals surface area (Å²) in [5.41, 5.74) is 2.92. The molecule has 1 fully saturated rings. The lowest BCUT2D eigenvalue weighted by atomic mass is 10.0. The van der Waals surface area contributed by atoms with E-state index in [9.17, 15) is 4.79 Å². The molecule has 0 unspecified atom stereocenters. The predicted molar refractivity (Wildman–Crippen MR) is 67.5 cm³/mol. The fourth-order valence-corrected chi connectivity index (χ4v) is 2.06. The Morgan fingerprint density at radius 2 is 1.94 bits per heavy atom. The second-order valence-electron chi connectivity index (χ2n) is 4.49. The molecule has 0 radical (unpaired) electrons. The number of rotatable bonds is 3. The van der Waals surface area contributed by atoms with Crippen LogP contribution in [0, 0.1) is 19.8 Å². The average Bonchev–Trinajstić information content (AvgIpc) is 2.13. The Labute approximate surface area is 101 Å². The van der Waals surface area contributed by atoms with Crippen molar-refractivity contribution in [2.75, 3.05) is 25.5 Å². The van der Waals surface area contributed by atoms with Crippen molar-refractivity contribution < 1.29 is 9.53 Å². The molecule has 4 heteroatoms. The topological polar surface area (TPSA) is 50.4 Å². The SMILES string of the molecule is COc1c(C)cc(NC(=O)C2CNC2)cc1C. The molecule has 0 atom stereocenters. The molecule has 1 aromatic rings. The summed E-state index contributed by atoms with van der Waals surface area (Å²) >= 11 is 0. The van der Waals surface area contributed by atoms with Crippen molar-refractivity contribution in [1.29, 1.82) is 0 Å². The highest BCUT2D eigenvalue weighted by Crippen LogP contribution is 2.27. The van der Waals surface area contributed by atoms with Crippen LogP contribution in [0.15, 0.2) is 12.1 Å². The number of hydrogen-bond donors (Lipinski definition) is 2. The Kier molecular flexibility index (Phi) is 3.33. The van der Waals surface area contributed by atoms with E-state index in [1.807, 2.05) is 26.0 Å². The molecule has 1 heterocycles. The summed E-state index contributed by atoms with van der Waals surface area (Å²) in [5, 5.41) is 6.03. The predicted octanol–water partition coefficient (Wildman–Crippen LogP) is 1.47. The summed E-state index contributed by atoms with van der Waals surface area (Å²) < 4.78 is 5.29. The number of anilines is 1. The van der Waals surface area contributed by atoms with E-state index in [1.54, 1.807) is 7.11 Å². The Morgan fingerprint density at radius 1 is 1.35 bits per heavy atom. The van der Waals surface area contributed by atoms with E-state index in [1.165, 1.54) is 0 Å². The van der Waals surface area contributed by atoms with E-state index >= 15 is 0 Å². The fourth-order valence-electron chi connectivity index (χ4n) is 2.06. The summed E-state index contributed by atoms with van der Waals surface area (Å²) in [7, 11) is 1.66. The minimum atomic E-state index is 0.0905. The normalized spacial score (nSPS) is 15.2. The second-order valence-corrected chi connectivity index (χ2v) is 4.49. The van der Waals surface area contributed by atoms with Gasteiger partial charge < -0.3 is 15.4 Å². The molecule has 0 aromatic heterocycles. The van der Waals surface area contributed by atoms with Gasteiger partial charge in [-0.15, -0.1) is 0 Å². The molecule has 92 valence electrons. The van der Waals surface area contributed by atoms with Gasteiger partial charge in [-0.1, -0.05) is 0 Å². The van der Waals surface area contributed by atoms with Crippen molar-refractivity contribution in [3.63, 3.8) is 0 Å². The largest absolute Gasteiger partial charge is 0.496 e. The van der Waals surface area contributed by atoms with Crippen LogP contribution in [0.25, 0.3) is 0 Å². The first kappa shape index (κ1) is 11.9. The summed E-state index contributed by atoms with van der Waals surface area (Å²) in [6.45, 7) is 5.51. The van der Waals surface area contributed by atoms with Gasteiger partial charge in [-0.2, -0.15) is 0 Å². The zero-order valence-corrected chi connectivity index (χ0v) is 10.5. The lowest BCUT2D eigenvalue weighted by molar-refractivity contribution is -0.121. The molecule has 17 heavy (non-hydrogen) atoms. The van der Waals surface area contributed by atoms with E-state index in [2.05, 4.69) is 10.6 Å². The molecule has 0 aliphatic carbocycles. The third-order valence-corrected chi connectivity index (χ3v) is 3.08. The number of carbonyl (C=O) groups is 1. The van der Waals surface area contributed by atoms with Gasteiger partial charge >= 0.3 is 0 Å². The lowest BCUT2D eigenvalue weighted by Gasteiger charge is -2.26. The number of aryl methyl sites for hydroxylation is 2. The quantitative estimate of drug-likeness (QED) is 0.832. The molecule has 2 N–H and O–H groups in total. The van der Waals surface area contributed by atoms with Gasteiger partial charge in [-0.25, -0.2) is 0 Å². The molecule has 0 saturated carbocycles. The van der Waals surface area contributed by atoms with Crippen LogP contribution in [0.2, 0.25) is 0 Å². The molecule has 0 bridgehead atoms. The fraction of sp³-hybridized carbons (Fsp3) is 0.462. The van der Waals surface area contributed by atoms with Crippen molar-refractivity contribution in [3.05, 3.63) is 23.3 Å². The molecule has 0 spiro atoms. The van der Waals surface area contributed by atoms with E-state index in [-0.39, 0.29) is 11.8 Å². The maximum absolute atomic E-state index is 11.8. The van der Waals surface area contributed by atoms with Crippen molar-refractivity contribution in [2.45, 2.75) is 13.8 Å². The number of methoxy groups -OCH3 is 1. The van der Waals surface area contributed by atoms with Crippen LogP contribution in [0.1, 0.15) is 11.1 Å². The van der Waals surface area contributed by atoms with Gasteiger partial charge in [0.25, 0.3) is 0 Å². The van der Waals surface area contributed by atoms with Crippen LogP contribution in [0.5, 0.6) is 5.75 Å². The standard InChI is InChI=1S/C13H18N2O2/c1-8-4-11(5-9(2)12(8)17-3)15-13(16)10-6-14-7-10/h4-5,10,14H,6-7H2,1-3H3,(H,15,16). The number of nitrogens with one attached hydrogen (secondary N) is 2. The molecule has 1 aromatic carbocycles. The first-order valence-electron chi connectivity index (χ1n) is 5.78. The van der Waals surface area contributed by atoms with E-state index in [0.29, 0.717) is 0 Å². The summed E-state index contributed by atoms with van der Waals surface area (Å²) in [4.78, 5) is 11.8. The van der Waals surface area contributed by atoms with Crippen LogP contribution in [-0.2, 0) is 4.79 Å². The molecular formula is C13H18N2O2. The average molecular weight is 234 g/mol. The lowest BCUT2D eigenvalue weighted by Crippen LogP contribution is -2.48. The second kappa shape index (κ2) is 4.75. The molecule has 1 amide bonds. The van der Waals surface area contributed by atoms with Gasteiger partial charge in [0.05, 0.1) is 13.0 Å². The van der Waals surface area contributed by atoms with Gasteiger partial charge in [0.15, 0.2) is 0 Å². The summed E-state index contributed by atoms with van der Waals surface area (Å²) in [5.74, 6) is 1.08. The van der Waals surface area contributed by atoms with E-state index < -0.39 is 0 Å². The maximum Gasteiger partial charge on any atom is 0.230 e. The van der Waals surface area contributed by atoms with Crippen LogP contribution in [0.4, 0.5) is 5.69 Å². The zero-order valence-electron chi connectivity index (χ0n) is 10.5. The maximum atomic E-state index is 11.8. The highest BCUT2D eigenvalue weighted by molar-refractivity contribution is 5.93. The third-order valence-electron chi connectivity index (χ3n) is 3.08. The van der Waals surface area contributed by atoms with Crippen molar-refractivity contribution in [3.8, 4) is 5.75 Å². The molecule has 1 aliphatic rings. The molecule has 1 aliphatic heterocycles. The summed E-state index contributed by atoms with van der Waals surface area (Å²) in [6, 6.07) is 3.88. The van der Waals surface area contributed by atoms with Crippen LogP contribution >= 0.6 is 0 Å². The van der Waals surface area contributed by atoms with Crippen molar-refractivity contribution in [1.82, 2.24) is 5.32 Å². The smallest absolute Gasteiger partial charge is 0.230 e. The Bertz CT molecular complexity index is 416. The van der Waals surface area contributed by atoms with Crippen molar-refractivity contribution in [2.24, 2.45) is 5.92 Å². The molecular weight excluding hydrogens is 216 g/mol. The number of benzene rings is 1. The van der Waals surface area contributed by atoms with Crippen LogP contribution < -0.4 is 15.4 Å². The van der Waals surface area contributed by atoms with Crippen LogP contribution in [-0.4, -0.2) is 26.1 Å². The van der Waals surface area contributed by atoms with Gasteiger partial charge in [0.1, 0.15) is 5.75 Å². The zero-order chi connectivity index (χ0) is 12.4. The third kappa shape index (κ3) is 2.42. The van der Waals surface area contributed by atoms with Gasteiger partial charge in [0.2, 0.25) is 5.91 Å². The van der Waals surface area contributed by atoms with Gasteiger partial charge in [0, 0.05) is 18.8 Å². The number of ether oxygens (including phenoxy) is 1. The van der Waals surface area contributed by atoms with Crippen molar-refractivity contribution >= 4 is 11.6 Å². The van der Waals surface area contributed by atoms with E-state index in [0.717, 1.165) is 35.7 Å². The first-order valence-corrected chi connectivity index (χ1v) is 5.78. The number of carbonyl (C=O) groups excluding carboxylic acids is 1. The summed E-state index contributed by atoms with van der Waals surface area (Å²) in [6.07, 6.45) is 0.